The molecule has 21 heavy (non-hydrogen) atoms. The molecule has 2 rings (SSSR count). The fraction of sp³-hybridized carbons (Fsp3) is 0.250. The zero-order chi connectivity index (χ0) is 15.6. The van der Waals surface area contributed by atoms with Crippen LogP contribution in [0, 0.1) is 5.82 Å². The van der Waals surface area contributed by atoms with Crippen LogP contribution in [-0.4, -0.2) is 19.4 Å². The largest absolute Gasteiger partial charge is 0.399 e. The molecular formula is C12H15FN4O2S2. The molecule has 0 aliphatic heterocycles. The summed E-state index contributed by atoms with van der Waals surface area (Å²) in [5.74, 6) is -0.505. The van der Waals surface area contributed by atoms with E-state index in [1.807, 2.05) is 0 Å². The fourth-order valence-corrected chi connectivity index (χ4v) is 3.67. The van der Waals surface area contributed by atoms with Crippen LogP contribution in [0.3, 0.4) is 0 Å². The van der Waals surface area contributed by atoms with Gasteiger partial charge in [-0.25, -0.2) is 14.1 Å². The van der Waals surface area contributed by atoms with E-state index >= 15 is 0 Å². The van der Waals surface area contributed by atoms with Gasteiger partial charge in [0.15, 0.2) is 5.13 Å². The minimum Gasteiger partial charge on any atom is -0.399 e. The molecule has 1 aromatic carbocycles. The first-order valence-corrected chi connectivity index (χ1v) is 8.44. The van der Waals surface area contributed by atoms with Crippen LogP contribution in [0.2, 0.25) is 0 Å². The molecule has 0 bridgehead atoms. The Kier molecular flexibility index (Phi) is 4.45. The number of hydrogen-bond acceptors (Lipinski definition) is 5. The van der Waals surface area contributed by atoms with Gasteiger partial charge >= 0.3 is 10.2 Å². The third-order valence-electron chi connectivity index (χ3n) is 2.39. The number of hydrogen-bond donors (Lipinski definition) is 3. The molecule has 0 aliphatic carbocycles. The summed E-state index contributed by atoms with van der Waals surface area (Å²) in [6, 6.07) is 4.02. The average Bonchev–Trinajstić information content (AvgIpc) is 2.74. The summed E-state index contributed by atoms with van der Waals surface area (Å²) in [4.78, 5) is 4.07. The van der Waals surface area contributed by atoms with Crippen molar-refractivity contribution in [2.24, 2.45) is 0 Å². The van der Waals surface area contributed by atoms with E-state index in [-0.39, 0.29) is 16.7 Å². The van der Waals surface area contributed by atoms with Gasteiger partial charge in [-0.3, -0.25) is 0 Å². The second-order valence-electron chi connectivity index (χ2n) is 4.66. The fourth-order valence-electron chi connectivity index (χ4n) is 1.64. The Bertz CT molecular complexity index is 743. The SMILES string of the molecule is CC(C)NS(=O)(=O)Nc1nc(-c2ccc(N)cc2F)cs1. The normalized spacial score (nSPS) is 11.8. The van der Waals surface area contributed by atoms with Crippen LogP contribution in [0.4, 0.5) is 15.2 Å². The number of halogens is 1. The topological polar surface area (TPSA) is 97.1 Å². The average molecular weight is 330 g/mol. The lowest BCUT2D eigenvalue weighted by Crippen LogP contribution is -2.35. The zero-order valence-electron chi connectivity index (χ0n) is 11.4. The van der Waals surface area contributed by atoms with Gasteiger partial charge < -0.3 is 5.73 Å². The number of nitrogens with one attached hydrogen (secondary N) is 2. The van der Waals surface area contributed by atoms with Gasteiger partial charge in [-0.1, -0.05) is 0 Å². The standard InChI is InChI=1S/C12H15FN4O2S2/c1-7(2)16-21(18,19)17-12-15-11(6-20-12)9-4-3-8(14)5-10(9)13/h3-7,16H,14H2,1-2H3,(H,15,17). The van der Waals surface area contributed by atoms with Gasteiger partial charge in [-0.05, 0) is 32.0 Å². The molecule has 4 N–H and O–H groups in total. The Morgan fingerprint density at radius 1 is 1.38 bits per heavy atom. The van der Waals surface area contributed by atoms with Gasteiger partial charge in [0.2, 0.25) is 0 Å². The first kappa shape index (κ1) is 15.7. The molecular weight excluding hydrogens is 315 g/mol. The number of benzene rings is 1. The Balaban J connectivity index is 2.22. The summed E-state index contributed by atoms with van der Waals surface area (Å²) >= 11 is 1.07. The highest BCUT2D eigenvalue weighted by atomic mass is 32.2. The maximum atomic E-state index is 13.8. The van der Waals surface area contributed by atoms with Crippen LogP contribution in [-0.2, 0) is 10.2 Å². The van der Waals surface area contributed by atoms with Gasteiger partial charge in [0.25, 0.3) is 0 Å². The van der Waals surface area contributed by atoms with Crippen molar-refractivity contribution in [3.05, 3.63) is 29.4 Å². The molecule has 1 heterocycles. The van der Waals surface area contributed by atoms with E-state index in [9.17, 15) is 12.8 Å². The van der Waals surface area contributed by atoms with Crippen molar-refractivity contribution in [1.29, 1.82) is 0 Å². The lowest BCUT2D eigenvalue weighted by molar-refractivity contribution is 0.575. The molecule has 0 unspecified atom stereocenters. The number of thiazole rings is 1. The quantitative estimate of drug-likeness (QED) is 0.732. The second-order valence-corrected chi connectivity index (χ2v) is 6.96. The minimum atomic E-state index is -3.69. The van der Waals surface area contributed by atoms with Crippen molar-refractivity contribution >= 4 is 32.4 Å². The predicted molar refractivity (Wildman–Crippen MR) is 82.7 cm³/mol. The van der Waals surface area contributed by atoms with Crippen molar-refractivity contribution in [1.82, 2.24) is 9.71 Å². The van der Waals surface area contributed by atoms with Gasteiger partial charge in [0, 0.05) is 22.7 Å². The van der Waals surface area contributed by atoms with Crippen molar-refractivity contribution in [3.63, 3.8) is 0 Å². The Morgan fingerprint density at radius 2 is 2.10 bits per heavy atom. The van der Waals surface area contributed by atoms with Gasteiger partial charge in [-0.15, -0.1) is 11.3 Å². The summed E-state index contributed by atoms with van der Waals surface area (Å²) in [5.41, 5.74) is 6.41. The first-order valence-electron chi connectivity index (χ1n) is 6.08. The summed E-state index contributed by atoms with van der Waals surface area (Å²) in [6.45, 7) is 3.41. The van der Waals surface area contributed by atoms with Crippen molar-refractivity contribution in [2.45, 2.75) is 19.9 Å². The van der Waals surface area contributed by atoms with Gasteiger partial charge in [0.05, 0.1) is 5.69 Å². The van der Waals surface area contributed by atoms with E-state index in [4.69, 9.17) is 5.73 Å². The first-order chi connectivity index (χ1) is 9.77. The van der Waals surface area contributed by atoms with E-state index in [1.54, 1.807) is 25.3 Å². The molecule has 9 heteroatoms. The summed E-state index contributed by atoms with van der Waals surface area (Å²) in [5, 5.41) is 1.73. The van der Waals surface area contributed by atoms with Gasteiger partial charge in [0.1, 0.15) is 5.82 Å². The number of nitrogen functional groups attached to an aromatic ring is 1. The minimum absolute atomic E-state index is 0.161. The molecule has 1 aromatic heterocycles. The van der Waals surface area contributed by atoms with E-state index < -0.39 is 16.0 Å². The molecule has 0 radical (unpaired) electrons. The third-order valence-corrected chi connectivity index (χ3v) is 4.52. The summed E-state index contributed by atoms with van der Waals surface area (Å²) in [7, 11) is -3.69. The summed E-state index contributed by atoms with van der Waals surface area (Å²) in [6.07, 6.45) is 0. The Hall–Kier alpha value is -1.71. The van der Waals surface area contributed by atoms with E-state index in [1.165, 1.54) is 12.1 Å². The molecule has 6 nitrogen and oxygen atoms in total. The maximum Gasteiger partial charge on any atom is 0.301 e. The lowest BCUT2D eigenvalue weighted by atomic mass is 10.1. The van der Waals surface area contributed by atoms with Crippen molar-refractivity contribution < 1.29 is 12.8 Å². The highest BCUT2D eigenvalue weighted by Gasteiger charge is 2.15. The number of rotatable bonds is 5. The van der Waals surface area contributed by atoms with Crippen LogP contribution < -0.4 is 15.2 Å². The van der Waals surface area contributed by atoms with E-state index in [0.29, 0.717) is 11.4 Å². The van der Waals surface area contributed by atoms with Crippen molar-refractivity contribution in [3.8, 4) is 11.3 Å². The molecule has 2 aromatic rings. The highest BCUT2D eigenvalue weighted by Crippen LogP contribution is 2.28. The second kappa shape index (κ2) is 5.96. The monoisotopic (exact) mass is 330 g/mol. The number of nitrogens with zero attached hydrogens (tertiary/aromatic N) is 1. The molecule has 0 spiro atoms. The number of nitrogens with two attached hydrogens (primary N) is 1. The lowest BCUT2D eigenvalue weighted by Gasteiger charge is -2.09. The predicted octanol–water partition coefficient (Wildman–Crippen LogP) is 2.19. The van der Waals surface area contributed by atoms with Crippen LogP contribution in [0.25, 0.3) is 11.3 Å². The zero-order valence-corrected chi connectivity index (χ0v) is 13.1. The molecule has 0 aliphatic rings. The van der Waals surface area contributed by atoms with Crippen molar-refractivity contribution in [2.75, 3.05) is 10.5 Å². The summed E-state index contributed by atoms with van der Waals surface area (Å²) < 4.78 is 41.9. The molecule has 0 saturated carbocycles. The number of aromatic nitrogens is 1. The maximum absolute atomic E-state index is 13.8. The molecule has 0 saturated heterocycles. The van der Waals surface area contributed by atoms with Crippen LogP contribution in [0.1, 0.15) is 13.8 Å². The van der Waals surface area contributed by atoms with Gasteiger partial charge in [-0.2, -0.15) is 13.1 Å². The highest BCUT2D eigenvalue weighted by molar-refractivity contribution is 7.91. The van der Waals surface area contributed by atoms with E-state index in [2.05, 4.69) is 14.4 Å². The van der Waals surface area contributed by atoms with Crippen LogP contribution in [0.5, 0.6) is 0 Å². The molecule has 0 fully saturated rings. The Labute approximate surface area is 126 Å². The van der Waals surface area contributed by atoms with Crippen LogP contribution >= 0.6 is 11.3 Å². The van der Waals surface area contributed by atoms with Crippen LogP contribution in [0.15, 0.2) is 23.6 Å². The van der Waals surface area contributed by atoms with E-state index in [0.717, 1.165) is 11.3 Å². The number of anilines is 2. The molecule has 0 amide bonds. The Morgan fingerprint density at radius 3 is 2.71 bits per heavy atom. The smallest absolute Gasteiger partial charge is 0.301 e. The molecule has 0 atom stereocenters. The molecule has 114 valence electrons. The third kappa shape index (κ3) is 4.13.